The number of amides is 1. The third kappa shape index (κ3) is 4.50. The molecule has 1 amide bonds. The highest BCUT2D eigenvalue weighted by Gasteiger charge is 2.13. The van der Waals surface area contributed by atoms with Crippen LogP contribution >= 0.6 is 0 Å². The highest BCUT2D eigenvalue weighted by atomic mass is 19.1. The van der Waals surface area contributed by atoms with E-state index in [-0.39, 0.29) is 5.56 Å². The summed E-state index contributed by atoms with van der Waals surface area (Å²) in [7, 11) is 0. The van der Waals surface area contributed by atoms with Crippen molar-refractivity contribution in [2.75, 3.05) is 10.6 Å². The number of hydrogen-bond acceptors (Lipinski definition) is 4. The van der Waals surface area contributed by atoms with E-state index < -0.39 is 11.7 Å². The second-order valence-corrected chi connectivity index (χ2v) is 6.10. The Morgan fingerprint density at radius 3 is 2.38 bits per heavy atom. The topological polar surface area (TPSA) is 66.9 Å². The molecule has 1 aromatic heterocycles. The lowest BCUT2D eigenvalue weighted by atomic mass is 10.1. The third-order valence-corrected chi connectivity index (χ3v) is 4.20. The van der Waals surface area contributed by atoms with E-state index in [4.69, 9.17) is 0 Å². The Kier molecular flexibility index (Phi) is 5.36. The zero-order chi connectivity index (χ0) is 16.8. The Balaban J connectivity index is 1.58. The summed E-state index contributed by atoms with van der Waals surface area (Å²) >= 11 is 0. The van der Waals surface area contributed by atoms with Gasteiger partial charge in [-0.15, -0.1) is 10.2 Å². The standard InChI is InChI=1S/C18H21FN4O/c19-14-7-5-6-13(12-14)18(24)21-17-11-10-16(22-23-17)20-15-8-3-1-2-4-9-15/h5-7,10-12,15H,1-4,8-9H2,(H,20,22)(H,21,23,24). The summed E-state index contributed by atoms with van der Waals surface area (Å²) in [4.78, 5) is 12.0. The van der Waals surface area contributed by atoms with Crippen LogP contribution in [0.5, 0.6) is 0 Å². The van der Waals surface area contributed by atoms with Crippen molar-refractivity contribution in [1.29, 1.82) is 0 Å². The Morgan fingerprint density at radius 1 is 1.00 bits per heavy atom. The molecular formula is C18H21FN4O. The largest absolute Gasteiger partial charge is 0.366 e. The highest BCUT2D eigenvalue weighted by Crippen LogP contribution is 2.20. The predicted molar refractivity (Wildman–Crippen MR) is 91.5 cm³/mol. The number of nitrogens with one attached hydrogen (secondary N) is 2. The number of carbonyl (C=O) groups is 1. The third-order valence-electron chi connectivity index (χ3n) is 4.20. The fraction of sp³-hybridized carbons (Fsp3) is 0.389. The van der Waals surface area contributed by atoms with Crippen LogP contribution in [0.25, 0.3) is 0 Å². The normalized spacial score (nSPS) is 15.5. The molecule has 5 nitrogen and oxygen atoms in total. The van der Waals surface area contributed by atoms with Crippen LogP contribution in [0.2, 0.25) is 0 Å². The van der Waals surface area contributed by atoms with Gasteiger partial charge in [0.1, 0.15) is 11.6 Å². The van der Waals surface area contributed by atoms with E-state index in [1.165, 1.54) is 43.9 Å². The van der Waals surface area contributed by atoms with Crippen molar-refractivity contribution in [1.82, 2.24) is 10.2 Å². The van der Waals surface area contributed by atoms with E-state index in [9.17, 15) is 9.18 Å². The van der Waals surface area contributed by atoms with Gasteiger partial charge in [0.15, 0.2) is 5.82 Å². The highest BCUT2D eigenvalue weighted by molar-refractivity contribution is 6.03. The van der Waals surface area contributed by atoms with Crippen LogP contribution in [0.4, 0.5) is 16.0 Å². The van der Waals surface area contributed by atoms with Gasteiger partial charge in [0.05, 0.1) is 0 Å². The second kappa shape index (κ2) is 7.86. The number of anilines is 2. The zero-order valence-electron chi connectivity index (χ0n) is 13.5. The molecule has 3 rings (SSSR count). The molecule has 1 aliphatic rings. The molecule has 24 heavy (non-hydrogen) atoms. The molecular weight excluding hydrogens is 307 g/mol. The number of carbonyl (C=O) groups excluding carboxylic acids is 1. The summed E-state index contributed by atoms with van der Waals surface area (Å²) < 4.78 is 13.2. The van der Waals surface area contributed by atoms with Crippen LogP contribution in [0.1, 0.15) is 48.9 Å². The second-order valence-electron chi connectivity index (χ2n) is 6.10. The first-order chi connectivity index (χ1) is 11.7. The summed E-state index contributed by atoms with van der Waals surface area (Å²) in [6.45, 7) is 0. The van der Waals surface area contributed by atoms with Crippen LogP contribution in [0.15, 0.2) is 36.4 Å². The van der Waals surface area contributed by atoms with Gasteiger partial charge in [-0.1, -0.05) is 31.7 Å². The summed E-state index contributed by atoms with van der Waals surface area (Å²) in [6.07, 6.45) is 7.39. The van der Waals surface area contributed by atoms with Gasteiger partial charge in [-0.2, -0.15) is 0 Å². The molecule has 2 N–H and O–H groups in total. The smallest absolute Gasteiger partial charge is 0.256 e. The lowest BCUT2D eigenvalue weighted by Crippen LogP contribution is -2.19. The van der Waals surface area contributed by atoms with E-state index in [1.807, 2.05) is 0 Å². The number of benzene rings is 1. The maximum atomic E-state index is 13.2. The number of rotatable bonds is 4. The van der Waals surface area contributed by atoms with Crippen molar-refractivity contribution in [3.63, 3.8) is 0 Å². The van der Waals surface area contributed by atoms with Gasteiger partial charge in [-0.05, 0) is 43.2 Å². The Morgan fingerprint density at radius 2 is 1.71 bits per heavy atom. The molecule has 2 aromatic rings. The van der Waals surface area contributed by atoms with Gasteiger partial charge in [0.2, 0.25) is 0 Å². The summed E-state index contributed by atoms with van der Waals surface area (Å²) in [5.41, 5.74) is 0.248. The number of halogens is 1. The summed E-state index contributed by atoms with van der Waals surface area (Å²) in [6, 6.07) is 9.47. The molecule has 1 aliphatic carbocycles. The average Bonchev–Trinajstić information content (AvgIpc) is 2.85. The summed E-state index contributed by atoms with van der Waals surface area (Å²) in [5, 5.41) is 14.2. The molecule has 1 heterocycles. The SMILES string of the molecule is O=C(Nc1ccc(NC2CCCCCC2)nn1)c1cccc(F)c1. The Hall–Kier alpha value is -2.50. The first-order valence-electron chi connectivity index (χ1n) is 8.38. The van der Waals surface area contributed by atoms with E-state index in [1.54, 1.807) is 18.2 Å². The summed E-state index contributed by atoms with van der Waals surface area (Å²) in [5.74, 6) is 0.200. The number of nitrogens with zero attached hydrogens (tertiary/aromatic N) is 2. The van der Waals surface area contributed by atoms with E-state index in [0.29, 0.717) is 17.7 Å². The maximum Gasteiger partial charge on any atom is 0.256 e. The van der Waals surface area contributed by atoms with E-state index in [2.05, 4.69) is 20.8 Å². The van der Waals surface area contributed by atoms with Crippen LogP contribution in [0, 0.1) is 5.82 Å². The first-order valence-corrected chi connectivity index (χ1v) is 8.38. The van der Waals surface area contributed by atoms with Gasteiger partial charge in [-0.25, -0.2) is 4.39 Å². The van der Waals surface area contributed by atoms with Gasteiger partial charge < -0.3 is 10.6 Å². The van der Waals surface area contributed by atoms with Crippen molar-refractivity contribution in [2.45, 2.75) is 44.6 Å². The Bertz CT molecular complexity index is 682. The minimum absolute atomic E-state index is 0.248. The van der Waals surface area contributed by atoms with Crippen molar-refractivity contribution >= 4 is 17.5 Å². The van der Waals surface area contributed by atoms with Gasteiger partial charge in [0, 0.05) is 11.6 Å². The molecule has 1 saturated carbocycles. The molecule has 0 unspecified atom stereocenters. The lowest BCUT2D eigenvalue weighted by Gasteiger charge is -2.16. The molecule has 6 heteroatoms. The van der Waals surface area contributed by atoms with Gasteiger partial charge >= 0.3 is 0 Å². The zero-order valence-corrected chi connectivity index (χ0v) is 13.5. The maximum absolute atomic E-state index is 13.2. The average molecular weight is 328 g/mol. The fourth-order valence-electron chi connectivity index (χ4n) is 2.93. The van der Waals surface area contributed by atoms with Gasteiger partial charge in [-0.3, -0.25) is 4.79 Å². The number of aromatic nitrogens is 2. The molecule has 0 aliphatic heterocycles. The van der Waals surface area contributed by atoms with Crippen molar-refractivity contribution in [3.05, 3.63) is 47.8 Å². The molecule has 0 bridgehead atoms. The monoisotopic (exact) mass is 328 g/mol. The van der Waals surface area contributed by atoms with E-state index >= 15 is 0 Å². The first kappa shape index (κ1) is 16.4. The van der Waals surface area contributed by atoms with Gasteiger partial charge in [0.25, 0.3) is 5.91 Å². The van der Waals surface area contributed by atoms with Crippen molar-refractivity contribution < 1.29 is 9.18 Å². The van der Waals surface area contributed by atoms with Crippen LogP contribution in [-0.2, 0) is 0 Å². The molecule has 126 valence electrons. The van der Waals surface area contributed by atoms with Crippen LogP contribution in [-0.4, -0.2) is 22.1 Å². The molecule has 1 fully saturated rings. The Labute approximate surface area is 140 Å². The quantitative estimate of drug-likeness (QED) is 0.833. The molecule has 0 saturated heterocycles. The number of hydrogen-bond donors (Lipinski definition) is 2. The predicted octanol–water partition coefficient (Wildman–Crippen LogP) is 4.00. The van der Waals surface area contributed by atoms with Crippen LogP contribution < -0.4 is 10.6 Å². The van der Waals surface area contributed by atoms with Crippen molar-refractivity contribution in [3.8, 4) is 0 Å². The molecule has 0 spiro atoms. The molecule has 1 aromatic carbocycles. The van der Waals surface area contributed by atoms with Crippen LogP contribution in [0.3, 0.4) is 0 Å². The molecule has 0 radical (unpaired) electrons. The molecule has 0 atom stereocenters. The minimum atomic E-state index is -0.448. The van der Waals surface area contributed by atoms with E-state index in [0.717, 1.165) is 12.8 Å². The lowest BCUT2D eigenvalue weighted by molar-refractivity contribution is 0.102. The fourth-order valence-corrected chi connectivity index (χ4v) is 2.93. The van der Waals surface area contributed by atoms with Crippen molar-refractivity contribution in [2.24, 2.45) is 0 Å². The minimum Gasteiger partial charge on any atom is -0.366 e.